The van der Waals surface area contributed by atoms with E-state index < -0.39 is 0 Å². The van der Waals surface area contributed by atoms with Gasteiger partial charge in [-0.05, 0) is 98.8 Å². The fourth-order valence-electron chi connectivity index (χ4n) is 6.06. The molecule has 6 nitrogen and oxygen atoms in total. The Labute approximate surface area is 180 Å². The van der Waals surface area contributed by atoms with E-state index in [1.54, 1.807) is 24.3 Å². The number of hydrogen-bond donors (Lipinski definition) is 3. The van der Waals surface area contributed by atoms with Crippen LogP contribution in [0.2, 0.25) is 0 Å². The van der Waals surface area contributed by atoms with E-state index in [9.17, 15) is 9.59 Å². The smallest absolute Gasteiger partial charge is 0.291 e. The standard InChI is InChI=1S/C23H25N3O3S/c27-20(19-5-2-6-29-19)24-17-3-1-4-18(10-17)25-22(30)26-21(28)23-11-14-7-15(12-23)9-16(8-14)13-23/h1-6,10,14-16H,7-9,11-13H2,(H,24,27)(H2,25,26,28,30). The van der Waals surface area contributed by atoms with Crippen molar-refractivity contribution < 1.29 is 14.0 Å². The van der Waals surface area contributed by atoms with Crippen molar-refractivity contribution in [2.45, 2.75) is 38.5 Å². The molecule has 0 atom stereocenters. The van der Waals surface area contributed by atoms with Crippen molar-refractivity contribution in [3.05, 3.63) is 48.4 Å². The predicted molar refractivity (Wildman–Crippen MR) is 118 cm³/mol. The molecule has 0 radical (unpaired) electrons. The van der Waals surface area contributed by atoms with Crippen LogP contribution < -0.4 is 16.0 Å². The van der Waals surface area contributed by atoms with Crippen molar-refractivity contribution in [3.8, 4) is 0 Å². The first-order valence-electron chi connectivity index (χ1n) is 10.6. The van der Waals surface area contributed by atoms with Crippen LogP contribution in [-0.2, 0) is 4.79 Å². The summed E-state index contributed by atoms with van der Waals surface area (Å²) in [6.45, 7) is 0. The second-order valence-corrected chi connectivity index (χ2v) is 9.53. The van der Waals surface area contributed by atoms with Crippen LogP contribution in [0.25, 0.3) is 0 Å². The summed E-state index contributed by atoms with van der Waals surface area (Å²) in [5.74, 6) is 2.11. The van der Waals surface area contributed by atoms with E-state index in [2.05, 4.69) is 16.0 Å². The van der Waals surface area contributed by atoms with E-state index in [0.29, 0.717) is 34.2 Å². The van der Waals surface area contributed by atoms with Gasteiger partial charge in [-0.15, -0.1) is 0 Å². The number of thiocarbonyl (C=S) groups is 1. The van der Waals surface area contributed by atoms with Crippen molar-refractivity contribution in [1.29, 1.82) is 0 Å². The van der Waals surface area contributed by atoms with Crippen molar-refractivity contribution in [3.63, 3.8) is 0 Å². The van der Waals surface area contributed by atoms with Crippen molar-refractivity contribution in [1.82, 2.24) is 5.32 Å². The molecule has 4 aliphatic carbocycles. The highest BCUT2D eigenvalue weighted by molar-refractivity contribution is 7.80. The van der Waals surface area contributed by atoms with Crippen LogP contribution in [0.3, 0.4) is 0 Å². The van der Waals surface area contributed by atoms with Gasteiger partial charge in [-0.1, -0.05) is 6.07 Å². The summed E-state index contributed by atoms with van der Waals surface area (Å²) in [5.41, 5.74) is 1.07. The van der Waals surface area contributed by atoms with Gasteiger partial charge >= 0.3 is 0 Å². The zero-order valence-corrected chi connectivity index (χ0v) is 17.5. The third kappa shape index (κ3) is 3.74. The van der Waals surface area contributed by atoms with Gasteiger partial charge in [0.1, 0.15) is 0 Å². The quantitative estimate of drug-likeness (QED) is 0.628. The summed E-state index contributed by atoms with van der Waals surface area (Å²) in [6.07, 6.45) is 8.35. The minimum absolute atomic E-state index is 0.0707. The summed E-state index contributed by atoms with van der Waals surface area (Å²) < 4.78 is 5.11. The molecule has 30 heavy (non-hydrogen) atoms. The average molecular weight is 424 g/mol. The maximum absolute atomic E-state index is 13.1. The Bertz CT molecular complexity index is 950. The van der Waals surface area contributed by atoms with Crippen molar-refractivity contribution in [2.75, 3.05) is 10.6 Å². The fraction of sp³-hybridized carbons (Fsp3) is 0.435. The zero-order chi connectivity index (χ0) is 20.7. The lowest BCUT2D eigenvalue weighted by Gasteiger charge is -2.55. The molecule has 0 spiro atoms. The maximum atomic E-state index is 13.1. The van der Waals surface area contributed by atoms with Gasteiger partial charge in [0.15, 0.2) is 10.9 Å². The first-order chi connectivity index (χ1) is 14.5. The molecule has 156 valence electrons. The van der Waals surface area contributed by atoms with Gasteiger partial charge in [0.05, 0.1) is 11.7 Å². The number of anilines is 2. The monoisotopic (exact) mass is 423 g/mol. The van der Waals surface area contributed by atoms with E-state index in [1.807, 2.05) is 12.1 Å². The van der Waals surface area contributed by atoms with Crippen LogP contribution in [0, 0.1) is 23.2 Å². The lowest BCUT2D eigenvalue weighted by molar-refractivity contribution is -0.144. The molecule has 0 saturated heterocycles. The normalized spacial score (nSPS) is 28.7. The number of furan rings is 1. The topological polar surface area (TPSA) is 83.4 Å². The molecule has 2 aromatic rings. The van der Waals surface area contributed by atoms with Gasteiger partial charge in [-0.25, -0.2) is 0 Å². The minimum atomic E-state index is -0.324. The molecule has 4 bridgehead atoms. The third-order valence-corrected chi connectivity index (χ3v) is 7.07. The van der Waals surface area contributed by atoms with Crippen LogP contribution >= 0.6 is 12.2 Å². The number of amides is 2. The lowest BCUT2D eigenvalue weighted by atomic mass is 9.49. The molecular weight excluding hydrogens is 398 g/mol. The number of benzene rings is 1. The van der Waals surface area contributed by atoms with E-state index in [4.69, 9.17) is 16.6 Å². The average Bonchev–Trinajstić information content (AvgIpc) is 3.22. The highest BCUT2D eigenvalue weighted by Crippen LogP contribution is 2.60. The Balaban J connectivity index is 1.21. The first-order valence-corrected chi connectivity index (χ1v) is 11.0. The molecule has 4 aliphatic rings. The molecule has 4 saturated carbocycles. The largest absolute Gasteiger partial charge is 0.459 e. The summed E-state index contributed by atoms with van der Waals surface area (Å²) >= 11 is 5.42. The number of carbonyl (C=O) groups is 2. The van der Waals surface area contributed by atoms with Gasteiger partial charge in [-0.3, -0.25) is 9.59 Å². The molecule has 6 rings (SSSR count). The van der Waals surface area contributed by atoms with Gasteiger partial charge in [0.25, 0.3) is 5.91 Å². The number of rotatable bonds is 4. The molecule has 1 aromatic heterocycles. The summed E-state index contributed by atoms with van der Waals surface area (Å²) in [7, 11) is 0. The van der Waals surface area contributed by atoms with Gasteiger partial charge < -0.3 is 20.4 Å². The fourth-order valence-corrected chi connectivity index (χ4v) is 6.27. The van der Waals surface area contributed by atoms with E-state index in [1.165, 1.54) is 25.5 Å². The van der Waals surface area contributed by atoms with E-state index >= 15 is 0 Å². The van der Waals surface area contributed by atoms with Crippen LogP contribution in [0.4, 0.5) is 11.4 Å². The summed E-state index contributed by atoms with van der Waals surface area (Å²) in [6, 6.07) is 10.5. The highest BCUT2D eigenvalue weighted by Gasteiger charge is 2.54. The number of nitrogens with one attached hydrogen (secondary N) is 3. The molecule has 1 heterocycles. The van der Waals surface area contributed by atoms with Gasteiger partial charge in [0.2, 0.25) is 5.91 Å². The molecule has 0 aliphatic heterocycles. The highest BCUT2D eigenvalue weighted by atomic mass is 32.1. The number of carbonyl (C=O) groups excluding carboxylic acids is 2. The van der Waals surface area contributed by atoms with Crippen LogP contribution in [0.5, 0.6) is 0 Å². The maximum Gasteiger partial charge on any atom is 0.291 e. The first kappa shape index (κ1) is 19.3. The Morgan fingerprint density at radius 2 is 1.57 bits per heavy atom. The van der Waals surface area contributed by atoms with Crippen LogP contribution in [0.15, 0.2) is 47.1 Å². The Hall–Kier alpha value is -2.67. The molecule has 2 amide bonds. The second kappa shape index (κ2) is 7.54. The van der Waals surface area contributed by atoms with Gasteiger partial charge in [-0.2, -0.15) is 0 Å². The molecule has 0 unspecified atom stereocenters. The number of hydrogen-bond acceptors (Lipinski definition) is 4. The summed E-state index contributed by atoms with van der Waals surface area (Å²) in [4.78, 5) is 25.3. The molecule has 4 fully saturated rings. The Morgan fingerprint density at radius 1 is 0.933 bits per heavy atom. The summed E-state index contributed by atoms with van der Waals surface area (Å²) in [5, 5.41) is 9.11. The van der Waals surface area contributed by atoms with E-state index in [0.717, 1.165) is 19.3 Å². The van der Waals surface area contributed by atoms with Crippen LogP contribution in [-0.4, -0.2) is 16.9 Å². The second-order valence-electron chi connectivity index (χ2n) is 9.12. The van der Waals surface area contributed by atoms with Crippen molar-refractivity contribution in [2.24, 2.45) is 23.2 Å². The van der Waals surface area contributed by atoms with Crippen molar-refractivity contribution >= 4 is 40.5 Å². The molecule has 3 N–H and O–H groups in total. The molecular formula is C23H25N3O3S. The molecule has 7 heteroatoms. The SMILES string of the molecule is O=C(Nc1cccc(NC(=S)NC(=O)C23CC4CC(CC(C4)C2)C3)c1)c1ccco1. The van der Waals surface area contributed by atoms with Crippen LogP contribution in [0.1, 0.15) is 49.1 Å². The third-order valence-electron chi connectivity index (χ3n) is 6.87. The zero-order valence-electron chi connectivity index (χ0n) is 16.6. The molecule has 1 aromatic carbocycles. The predicted octanol–water partition coefficient (Wildman–Crippen LogP) is 4.56. The minimum Gasteiger partial charge on any atom is -0.459 e. The van der Waals surface area contributed by atoms with E-state index in [-0.39, 0.29) is 23.0 Å². The Morgan fingerprint density at radius 3 is 2.17 bits per heavy atom. The Kier molecular flexibility index (Phi) is 4.85. The lowest BCUT2D eigenvalue weighted by Crippen LogP contribution is -2.55. The van der Waals surface area contributed by atoms with Gasteiger partial charge in [0, 0.05) is 11.4 Å².